The maximum absolute atomic E-state index is 12.6. The van der Waals surface area contributed by atoms with Crippen LogP contribution in [-0.2, 0) is 14.6 Å². The van der Waals surface area contributed by atoms with Crippen LogP contribution in [0.25, 0.3) is 0 Å². The molecule has 2 rings (SSSR count). The van der Waals surface area contributed by atoms with Gasteiger partial charge in [-0.25, -0.2) is 8.42 Å². The van der Waals surface area contributed by atoms with E-state index < -0.39 is 9.84 Å². The number of hydrogen-bond acceptors (Lipinski definition) is 4. The summed E-state index contributed by atoms with van der Waals surface area (Å²) in [5, 5.41) is 2.54. The first-order valence-electron chi connectivity index (χ1n) is 8.65. The molecule has 0 aromatic carbocycles. The molecule has 2 heterocycles. The molecule has 0 aromatic heterocycles. The van der Waals surface area contributed by atoms with Crippen molar-refractivity contribution >= 4 is 15.7 Å². The average Bonchev–Trinajstić information content (AvgIpc) is 2.46. The van der Waals surface area contributed by atoms with E-state index in [0.717, 1.165) is 38.8 Å². The van der Waals surface area contributed by atoms with Gasteiger partial charge in [-0.1, -0.05) is 26.7 Å². The monoisotopic (exact) mass is 330 g/mol. The van der Waals surface area contributed by atoms with Crippen LogP contribution >= 0.6 is 0 Å². The van der Waals surface area contributed by atoms with E-state index in [4.69, 9.17) is 0 Å². The van der Waals surface area contributed by atoms with Crippen LogP contribution < -0.4 is 5.32 Å². The number of nitrogens with zero attached hydrogens (tertiary/aromatic N) is 1. The Morgan fingerprint density at radius 2 is 1.82 bits per heavy atom. The summed E-state index contributed by atoms with van der Waals surface area (Å²) in [6, 6.07) is -0.133. The Morgan fingerprint density at radius 3 is 2.41 bits per heavy atom. The molecule has 0 aromatic rings. The molecule has 128 valence electrons. The van der Waals surface area contributed by atoms with Crippen LogP contribution in [0.2, 0.25) is 0 Å². The Hall–Kier alpha value is -0.620. The fourth-order valence-electron chi connectivity index (χ4n) is 3.66. The minimum atomic E-state index is -3.02. The molecule has 22 heavy (non-hydrogen) atoms. The van der Waals surface area contributed by atoms with E-state index in [9.17, 15) is 13.2 Å². The zero-order valence-electron chi connectivity index (χ0n) is 13.9. The number of hydrogen-bond donors (Lipinski definition) is 1. The molecule has 1 amide bonds. The third-order valence-electron chi connectivity index (χ3n) is 4.90. The van der Waals surface area contributed by atoms with Crippen LogP contribution in [0.3, 0.4) is 0 Å². The lowest BCUT2D eigenvalue weighted by Gasteiger charge is -2.36. The van der Waals surface area contributed by atoms with Gasteiger partial charge in [-0.2, -0.15) is 0 Å². The topological polar surface area (TPSA) is 66.5 Å². The van der Waals surface area contributed by atoms with Gasteiger partial charge in [0.25, 0.3) is 0 Å². The van der Waals surface area contributed by atoms with Crippen LogP contribution in [0.5, 0.6) is 0 Å². The summed E-state index contributed by atoms with van der Waals surface area (Å²) in [6.07, 6.45) is 5.91. The fraction of sp³-hybridized carbons (Fsp3) is 0.938. The van der Waals surface area contributed by atoms with Gasteiger partial charge in [0, 0.05) is 6.54 Å². The SMILES string of the molecule is CC(C)C(C(=O)NCC1CCCCS1(=O)=O)N1CCCCC1. The Balaban J connectivity index is 1.93. The second kappa shape index (κ2) is 7.77. The molecule has 0 saturated carbocycles. The molecular weight excluding hydrogens is 300 g/mol. The van der Waals surface area contributed by atoms with Gasteiger partial charge in [0.05, 0.1) is 17.0 Å². The molecule has 0 bridgehead atoms. The van der Waals surface area contributed by atoms with E-state index in [2.05, 4.69) is 24.1 Å². The highest BCUT2D eigenvalue weighted by Crippen LogP contribution is 2.20. The molecule has 2 atom stereocenters. The highest BCUT2D eigenvalue weighted by Gasteiger charge is 2.32. The van der Waals surface area contributed by atoms with Crippen molar-refractivity contribution in [1.29, 1.82) is 0 Å². The number of nitrogens with one attached hydrogen (secondary N) is 1. The molecule has 2 saturated heterocycles. The zero-order chi connectivity index (χ0) is 16.2. The van der Waals surface area contributed by atoms with Gasteiger partial charge in [-0.3, -0.25) is 9.69 Å². The maximum Gasteiger partial charge on any atom is 0.237 e. The van der Waals surface area contributed by atoms with Gasteiger partial charge in [0.2, 0.25) is 5.91 Å². The quantitative estimate of drug-likeness (QED) is 0.831. The second-order valence-electron chi connectivity index (χ2n) is 7.02. The van der Waals surface area contributed by atoms with Crippen molar-refractivity contribution in [3.63, 3.8) is 0 Å². The number of carbonyl (C=O) groups is 1. The molecule has 0 radical (unpaired) electrons. The van der Waals surface area contributed by atoms with Crippen molar-refractivity contribution < 1.29 is 13.2 Å². The molecule has 2 unspecified atom stereocenters. The zero-order valence-corrected chi connectivity index (χ0v) is 14.7. The average molecular weight is 330 g/mol. The minimum Gasteiger partial charge on any atom is -0.353 e. The molecule has 0 aliphatic carbocycles. The second-order valence-corrected chi connectivity index (χ2v) is 9.42. The first-order chi connectivity index (χ1) is 10.4. The van der Waals surface area contributed by atoms with Crippen LogP contribution in [0, 0.1) is 5.92 Å². The lowest BCUT2D eigenvalue weighted by Crippen LogP contribution is -2.53. The van der Waals surface area contributed by atoms with Crippen molar-refractivity contribution in [3.05, 3.63) is 0 Å². The predicted molar refractivity (Wildman–Crippen MR) is 88.5 cm³/mol. The summed E-state index contributed by atoms with van der Waals surface area (Å²) in [4.78, 5) is 14.9. The lowest BCUT2D eigenvalue weighted by atomic mass is 9.98. The maximum atomic E-state index is 12.6. The van der Waals surface area contributed by atoms with Gasteiger partial charge >= 0.3 is 0 Å². The van der Waals surface area contributed by atoms with E-state index >= 15 is 0 Å². The molecule has 1 N–H and O–H groups in total. The van der Waals surface area contributed by atoms with E-state index in [1.807, 2.05) is 0 Å². The van der Waals surface area contributed by atoms with Gasteiger partial charge in [-0.15, -0.1) is 0 Å². The van der Waals surface area contributed by atoms with Crippen molar-refractivity contribution in [2.45, 2.75) is 63.7 Å². The van der Waals surface area contributed by atoms with E-state index in [-0.39, 0.29) is 35.4 Å². The van der Waals surface area contributed by atoms with Crippen LogP contribution in [0.15, 0.2) is 0 Å². The van der Waals surface area contributed by atoms with Crippen molar-refractivity contribution in [3.8, 4) is 0 Å². The van der Waals surface area contributed by atoms with Gasteiger partial charge in [-0.05, 0) is 44.7 Å². The summed E-state index contributed by atoms with van der Waals surface area (Å²) in [5.74, 6) is 0.506. The Morgan fingerprint density at radius 1 is 1.14 bits per heavy atom. The third kappa shape index (κ3) is 4.44. The Kier molecular flexibility index (Phi) is 6.26. The Labute approximate surface area is 134 Å². The van der Waals surface area contributed by atoms with E-state index in [1.54, 1.807) is 0 Å². The van der Waals surface area contributed by atoms with Crippen molar-refractivity contribution in [2.24, 2.45) is 5.92 Å². The third-order valence-corrected chi connectivity index (χ3v) is 7.18. The highest BCUT2D eigenvalue weighted by molar-refractivity contribution is 7.92. The summed E-state index contributed by atoms with van der Waals surface area (Å²) in [6.45, 7) is 6.35. The Bertz CT molecular complexity index is 470. The lowest BCUT2D eigenvalue weighted by molar-refractivity contribution is -0.128. The largest absolute Gasteiger partial charge is 0.353 e. The summed E-state index contributed by atoms with van der Waals surface area (Å²) in [5.41, 5.74) is 0. The number of rotatable bonds is 5. The molecule has 2 fully saturated rings. The van der Waals surface area contributed by atoms with Crippen LogP contribution in [0.4, 0.5) is 0 Å². The standard InChI is InChI=1S/C16H30N2O3S/c1-13(2)15(18-9-5-3-6-10-18)16(19)17-12-14-8-4-7-11-22(14,20)21/h13-15H,3-12H2,1-2H3,(H,17,19). The predicted octanol–water partition coefficient (Wildman–Crippen LogP) is 1.58. The van der Waals surface area contributed by atoms with Crippen molar-refractivity contribution in [2.75, 3.05) is 25.4 Å². The van der Waals surface area contributed by atoms with Gasteiger partial charge in [0.15, 0.2) is 9.84 Å². The number of likely N-dealkylation sites (tertiary alicyclic amines) is 1. The van der Waals surface area contributed by atoms with Crippen molar-refractivity contribution in [1.82, 2.24) is 10.2 Å². The van der Waals surface area contributed by atoms with E-state index in [0.29, 0.717) is 6.42 Å². The number of amides is 1. The fourth-order valence-corrected chi connectivity index (χ4v) is 5.46. The number of carbonyl (C=O) groups excluding carboxylic acids is 1. The highest BCUT2D eigenvalue weighted by atomic mass is 32.2. The number of piperidine rings is 1. The minimum absolute atomic E-state index is 0.00215. The van der Waals surface area contributed by atoms with E-state index in [1.165, 1.54) is 6.42 Å². The summed E-state index contributed by atoms with van der Waals surface area (Å²) < 4.78 is 24.1. The van der Waals surface area contributed by atoms with Crippen LogP contribution in [-0.4, -0.2) is 55.9 Å². The molecule has 0 spiro atoms. The first kappa shape index (κ1) is 17.7. The summed E-state index contributed by atoms with van der Waals surface area (Å²) >= 11 is 0. The summed E-state index contributed by atoms with van der Waals surface area (Å²) in [7, 11) is -3.02. The molecule has 6 heteroatoms. The molecule has 2 aliphatic heterocycles. The van der Waals surface area contributed by atoms with Gasteiger partial charge in [0.1, 0.15) is 0 Å². The number of sulfone groups is 1. The molecule has 2 aliphatic rings. The van der Waals surface area contributed by atoms with Crippen LogP contribution in [0.1, 0.15) is 52.4 Å². The normalized spacial score (nSPS) is 27.5. The smallest absolute Gasteiger partial charge is 0.237 e. The molecular formula is C16H30N2O3S. The first-order valence-corrected chi connectivity index (χ1v) is 10.4. The van der Waals surface area contributed by atoms with Gasteiger partial charge < -0.3 is 5.32 Å². The molecule has 5 nitrogen and oxygen atoms in total.